The molecule has 0 amide bonds. The zero-order chi connectivity index (χ0) is 17.5. The predicted octanol–water partition coefficient (Wildman–Crippen LogP) is 3.99. The first-order chi connectivity index (χ1) is 12.8. The number of imidazole rings is 1. The third kappa shape index (κ3) is 2.46. The van der Waals surface area contributed by atoms with E-state index in [2.05, 4.69) is 12.1 Å². The monoisotopic (exact) mass is 364 g/mol. The van der Waals surface area contributed by atoms with Crippen molar-refractivity contribution in [2.24, 2.45) is 0 Å². The maximum atomic E-state index is 9.97. The quantitative estimate of drug-likeness (QED) is 0.597. The van der Waals surface area contributed by atoms with Gasteiger partial charge < -0.3 is 14.6 Å². The molecule has 0 aliphatic carbocycles. The molecule has 0 saturated heterocycles. The molecule has 4 aromatic rings. The fourth-order valence-electron chi connectivity index (χ4n) is 3.20. The molecule has 5 rings (SSSR count). The lowest BCUT2D eigenvalue weighted by molar-refractivity contribution is 0.171. The molecule has 6 heteroatoms. The average Bonchev–Trinajstić information content (AvgIpc) is 3.26. The minimum Gasteiger partial charge on any atom is -0.486 e. The summed E-state index contributed by atoms with van der Waals surface area (Å²) in [6.45, 7) is 1.02. The molecule has 0 fully saturated rings. The molecule has 0 spiro atoms. The lowest BCUT2D eigenvalue weighted by Gasteiger charge is -2.18. The molecule has 3 heterocycles. The lowest BCUT2D eigenvalue weighted by atomic mass is 10.1. The number of fused-ring (bicyclic) bond motifs is 2. The minimum atomic E-state index is -0.0874. The molecule has 1 aliphatic rings. The summed E-state index contributed by atoms with van der Waals surface area (Å²) in [5.74, 6) is 1.47. The van der Waals surface area contributed by atoms with Gasteiger partial charge in [0, 0.05) is 11.8 Å². The van der Waals surface area contributed by atoms with Crippen molar-refractivity contribution in [2.75, 3.05) is 13.2 Å². The molecular weight excluding hydrogens is 348 g/mol. The first-order valence-electron chi connectivity index (χ1n) is 8.40. The summed E-state index contributed by atoms with van der Waals surface area (Å²) < 4.78 is 13.2. The van der Waals surface area contributed by atoms with E-state index in [9.17, 15) is 5.11 Å². The van der Waals surface area contributed by atoms with E-state index in [1.165, 1.54) is 0 Å². The van der Waals surface area contributed by atoms with Gasteiger partial charge in [-0.15, -0.1) is 0 Å². The van der Waals surface area contributed by atoms with E-state index in [0.29, 0.717) is 13.2 Å². The van der Waals surface area contributed by atoms with E-state index < -0.39 is 0 Å². The van der Waals surface area contributed by atoms with E-state index in [1.807, 2.05) is 47.0 Å². The smallest absolute Gasteiger partial charge is 0.195 e. The van der Waals surface area contributed by atoms with Crippen LogP contribution in [0.15, 0.2) is 54.7 Å². The Labute approximate surface area is 154 Å². The molecule has 2 aromatic carbocycles. The van der Waals surface area contributed by atoms with Crippen LogP contribution in [0.4, 0.5) is 0 Å². The zero-order valence-electron chi connectivity index (χ0n) is 13.9. The fourth-order valence-corrected chi connectivity index (χ4v) is 4.21. The highest BCUT2D eigenvalue weighted by Crippen LogP contribution is 2.37. The Morgan fingerprint density at radius 1 is 1.00 bits per heavy atom. The molecule has 0 bridgehead atoms. The van der Waals surface area contributed by atoms with E-state index in [4.69, 9.17) is 14.5 Å². The number of hydrogen-bond donors (Lipinski definition) is 1. The van der Waals surface area contributed by atoms with Crippen LogP contribution in [0.5, 0.6) is 11.5 Å². The van der Waals surface area contributed by atoms with Gasteiger partial charge in [-0.2, -0.15) is 0 Å². The van der Waals surface area contributed by atoms with Gasteiger partial charge in [-0.3, -0.25) is 4.40 Å². The van der Waals surface area contributed by atoms with Crippen LogP contribution in [-0.4, -0.2) is 27.7 Å². The van der Waals surface area contributed by atoms with Gasteiger partial charge in [0.2, 0.25) is 0 Å². The minimum absolute atomic E-state index is 0.0874. The second-order valence-corrected chi connectivity index (χ2v) is 7.05. The van der Waals surface area contributed by atoms with Gasteiger partial charge in [0.1, 0.15) is 13.2 Å². The predicted molar refractivity (Wildman–Crippen MR) is 101 cm³/mol. The maximum absolute atomic E-state index is 9.97. The number of ether oxygens (including phenoxy) is 2. The van der Waals surface area contributed by atoms with Gasteiger partial charge >= 0.3 is 0 Å². The van der Waals surface area contributed by atoms with Crippen LogP contribution >= 0.6 is 11.3 Å². The zero-order valence-corrected chi connectivity index (χ0v) is 14.7. The van der Waals surface area contributed by atoms with Crippen LogP contribution in [0, 0.1) is 0 Å². The second kappa shape index (κ2) is 6.16. The molecule has 0 saturated carbocycles. The van der Waals surface area contributed by atoms with E-state index in [0.717, 1.165) is 43.9 Å². The van der Waals surface area contributed by atoms with Gasteiger partial charge in [0.25, 0.3) is 0 Å². The van der Waals surface area contributed by atoms with E-state index in [1.54, 1.807) is 11.3 Å². The molecule has 26 heavy (non-hydrogen) atoms. The number of aliphatic hydroxyl groups excluding tert-OH is 1. The highest BCUT2D eigenvalue weighted by Gasteiger charge is 2.19. The van der Waals surface area contributed by atoms with Crippen molar-refractivity contribution in [1.82, 2.24) is 9.38 Å². The highest BCUT2D eigenvalue weighted by atomic mass is 32.1. The summed E-state index contributed by atoms with van der Waals surface area (Å²) in [6.07, 6.45) is 2.04. The number of rotatable bonds is 3. The van der Waals surface area contributed by atoms with Crippen molar-refractivity contribution < 1.29 is 14.6 Å². The van der Waals surface area contributed by atoms with Gasteiger partial charge in [0.15, 0.2) is 16.5 Å². The van der Waals surface area contributed by atoms with Crippen LogP contribution in [0.2, 0.25) is 0 Å². The van der Waals surface area contributed by atoms with Gasteiger partial charge in [-0.05, 0) is 23.8 Å². The maximum Gasteiger partial charge on any atom is 0.195 e. The van der Waals surface area contributed by atoms with Crippen LogP contribution in [0.3, 0.4) is 0 Å². The molecule has 1 aliphatic heterocycles. The summed E-state index contributed by atoms with van der Waals surface area (Å²) in [7, 11) is 0. The molecule has 0 unspecified atom stereocenters. The Hall–Kier alpha value is -2.83. The summed E-state index contributed by atoms with van der Waals surface area (Å²) in [6, 6.07) is 16.0. The summed E-state index contributed by atoms with van der Waals surface area (Å²) >= 11 is 1.61. The Kier molecular flexibility index (Phi) is 3.65. The first kappa shape index (κ1) is 15.4. The van der Waals surface area contributed by atoms with Crippen molar-refractivity contribution >= 4 is 16.3 Å². The number of aromatic nitrogens is 2. The molecular formula is C20H16N2O3S. The third-order valence-corrected chi connectivity index (χ3v) is 5.48. The summed E-state index contributed by atoms with van der Waals surface area (Å²) in [4.78, 5) is 6.75. The SMILES string of the molecule is OCc1c(-c2ccc3c(c2)OCCO3)nc2sc(-c3ccccc3)cn12. The normalized spacial score (nSPS) is 13.3. The van der Waals surface area contributed by atoms with Crippen LogP contribution < -0.4 is 9.47 Å². The molecule has 130 valence electrons. The molecule has 0 atom stereocenters. The van der Waals surface area contributed by atoms with Crippen molar-refractivity contribution in [3.05, 3.63) is 60.4 Å². The lowest BCUT2D eigenvalue weighted by Crippen LogP contribution is -2.15. The Morgan fingerprint density at radius 3 is 2.62 bits per heavy atom. The third-order valence-electron chi connectivity index (χ3n) is 4.45. The topological polar surface area (TPSA) is 56.0 Å². The van der Waals surface area contributed by atoms with Crippen molar-refractivity contribution in [3.8, 4) is 33.2 Å². The molecule has 5 nitrogen and oxygen atoms in total. The number of hydrogen-bond acceptors (Lipinski definition) is 5. The van der Waals surface area contributed by atoms with E-state index in [-0.39, 0.29) is 6.61 Å². The fraction of sp³-hybridized carbons (Fsp3) is 0.150. The van der Waals surface area contributed by atoms with Gasteiger partial charge in [-0.25, -0.2) is 4.98 Å². The van der Waals surface area contributed by atoms with Crippen molar-refractivity contribution in [3.63, 3.8) is 0 Å². The number of thiazole rings is 1. The molecule has 1 N–H and O–H groups in total. The summed E-state index contributed by atoms with van der Waals surface area (Å²) in [5, 5.41) is 9.97. The van der Waals surface area contributed by atoms with Crippen LogP contribution in [0.1, 0.15) is 5.69 Å². The molecule has 2 aromatic heterocycles. The van der Waals surface area contributed by atoms with Gasteiger partial charge in [-0.1, -0.05) is 41.7 Å². The summed E-state index contributed by atoms with van der Waals surface area (Å²) in [5.41, 5.74) is 3.61. The highest BCUT2D eigenvalue weighted by molar-refractivity contribution is 7.20. The number of nitrogens with zero attached hydrogens (tertiary/aromatic N) is 2. The van der Waals surface area contributed by atoms with Gasteiger partial charge in [0.05, 0.1) is 22.9 Å². The van der Waals surface area contributed by atoms with E-state index >= 15 is 0 Å². The Balaban J connectivity index is 1.61. The standard InChI is InChI=1S/C20H16N2O3S/c23-12-15-19(14-6-7-16-17(10-14)25-9-8-24-16)21-20-22(15)11-18(26-20)13-4-2-1-3-5-13/h1-7,10-11,23H,8-9,12H2. The second-order valence-electron chi connectivity index (χ2n) is 6.04. The molecule has 0 radical (unpaired) electrons. The van der Waals surface area contributed by atoms with Crippen LogP contribution in [0.25, 0.3) is 26.7 Å². The van der Waals surface area contributed by atoms with Crippen molar-refractivity contribution in [2.45, 2.75) is 6.61 Å². The Bertz CT molecular complexity index is 1090. The average molecular weight is 364 g/mol. The largest absolute Gasteiger partial charge is 0.486 e. The first-order valence-corrected chi connectivity index (χ1v) is 9.22. The Morgan fingerprint density at radius 2 is 1.81 bits per heavy atom. The number of benzene rings is 2. The number of aliphatic hydroxyl groups is 1. The van der Waals surface area contributed by atoms with Crippen LogP contribution in [-0.2, 0) is 6.61 Å². The van der Waals surface area contributed by atoms with Crippen molar-refractivity contribution in [1.29, 1.82) is 0 Å².